The molecule has 0 radical (unpaired) electrons. The number of hydrogen-bond donors (Lipinski definition) is 3. The van der Waals surface area contributed by atoms with Crippen LogP contribution >= 0.6 is 0 Å². The van der Waals surface area contributed by atoms with Crippen molar-refractivity contribution < 1.29 is 28.2 Å². The van der Waals surface area contributed by atoms with Gasteiger partial charge in [-0.15, -0.1) is 0 Å². The molecule has 9 nitrogen and oxygen atoms in total. The van der Waals surface area contributed by atoms with Crippen molar-refractivity contribution in [2.24, 2.45) is 0 Å². The van der Waals surface area contributed by atoms with Gasteiger partial charge in [-0.1, -0.05) is 35.9 Å². The number of nitrogens with zero attached hydrogens (tertiary/aromatic N) is 2. The molecule has 10 heteroatoms. The minimum atomic E-state index is -3.79. The first-order chi connectivity index (χ1) is 16.2. The SMILES string of the molecule is Cc1ccc(S(=O)(=O)NCC2OC(CC(=O)N3CCN(c4ccccc4)CC3)C(O)C2O)cc1. The van der Waals surface area contributed by atoms with Crippen LogP contribution in [0.5, 0.6) is 0 Å². The molecule has 0 saturated carbocycles. The fraction of sp³-hybridized carbons (Fsp3) is 0.458. The second kappa shape index (κ2) is 10.4. The standard InChI is InChI=1S/C24H31N3O6S/c1-17-7-9-19(10-8-17)34(31,32)25-16-21-24(30)23(29)20(33-21)15-22(28)27-13-11-26(12-14-27)18-5-3-2-4-6-18/h2-10,20-21,23-25,29-30H,11-16H2,1H3. The number of rotatable bonds is 7. The van der Waals surface area contributed by atoms with E-state index in [1.54, 1.807) is 17.0 Å². The van der Waals surface area contributed by atoms with Gasteiger partial charge in [0.05, 0.1) is 17.4 Å². The van der Waals surface area contributed by atoms with Gasteiger partial charge in [-0.3, -0.25) is 4.79 Å². The predicted molar refractivity (Wildman–Crippen MR) is 127 cm³/mol. The highest BCUT2D eigenvalue weighted by Crippen LogP contribution is 2.25. The summed E-state index contributed by atoms with van der Waals surface area (Å²) in [7, 11) is -3.79. The van der Waals surface area contributed by atoms with E-state index in [0.29, 0.717) is 26.2 Å². The van der Waals surface area contributed by atoms with Crippen molar-refractivity contribution in [3.05, 3.63) is 60.2 Å². The summed E-state index contributed by atoms with van der Waals surface area (Å²) < 4.78 is 33.1. The lowest BCUT2D eigenvalue weighted by Gasteiger charge is -2.36. The summed E-state index contributed by atoms with van der Waals surface area (Å²) in [6.45, 7) is 4.16. The molecular weight excluding hydrogens is 458 g/mol. The molecule has 2 saturated heterocycles. The molecule has 184 valence electrons. The molecule has 2 heterocycles. The fourth-order valence-corrected chi connectivity index (χ4v) is 5.35. The van der Waals surface area contributed by atoms with Gasteiger partial charge in [0.2, 0.25) is 15.9 Å². The van der Waals surface area contributed by atoms with Gasteiger partial charge in [-0.25, -0.2) is 13.1 Å². The fourth-order valence-electron chi connectivity index (χ4n) is 4.31. The molecule has 4 unspecified atom stereocenters. The van der Waals surface area contributed by atoms with Crippen LogP contribution in [0.15, 0.2) is 59.5 Å². The average molecular weight is 490 g/mol. The number of aliphatic hydroxyl groups excluding tert-OH is 2. The summed E-state index contributed by atoms with van der Waals surface area (Å²) in [4.78, 5) is 16.9. The van der Waals surface area contributed by atoms with E-state index >= 15 is 0 Å². The molecule has 0 bridgehead atoms. The zero-order valence-electron chi connectivity index (χ0n) is 19.1. The molecule has 0 aliphatic carbocycles. The second-order valence-electron chi connectivity index (χ2n) is 8.77. The Labute approximate surface area is 200 Å². The zero-order valence-corrected chi connectivity index (χ0v) is 19.9. The third kappa shape index (κ3) is 5.59. The number of para-hydroxylation sites is 1. The number of sulfonamides is 1. The van der Waals surface area contributed by atoms with E-state index in [1.807, 2.05) is 37.3 Å². The number of aryl methyl sites for hydroxylation is 1. The predicted octanol–water partition coefficient (Wildman–Crippen LogP) is 0.501. The van der Waals surface area contributed by atoms with Crippen LogP contribution in [-0.2, 0) is 19.6 Å². The lowest BCUT2D eigenvalue weighted by Crippen LogP contribution is -2.49. The van der Waals surface area contributed by atoms with Crippen molar-refractivity contribution in [2.75, 3.05) is 37.6 Å². The van der Waals surface area contributed by atoms with Gasteiger partial charge in [0.15, 0.2) is 0 Å². The number of hydrogen-bond acceptors (Lipinski definition) is 7. The molecule has 2 aliphatic heterocycles. The molecule has 3 N–H and O–H groups in total. The van der Waals surface area contributed by atoms with Crippen LogP contribution < -0.4 is 9.62 Å². The topological polar surface area (TPSA) is 119 Å². The van der Waals surface area contributed by atoms with Gasteiger partial charge < -0.3 is 24.7 Å². The molecule has 4 rings (SSSR count). The zero-order chi connectivity index (χ0) is 24.3. The molecule has 34 heavy (non-hydrogen) atoms. The molecule has 0 aromatic heterocycles. The largest absolute Gasteiger partial charge is 0.388 e. The monoisotopic (exact) mass is 489 g/mol. The van der Waals surface area contributed by atoms with E-state index in [0.717, 1.165) is 11.3 Å². The van der Waals surface area contributed by atoms with Gasteiger partial charge in [-0.05, 0) is 31.2 Å². The summed E-state index contributed by atoms with van der Waals surface area (Å²) in [5, 5.41) is 20.8. The van der Waals surface area contributed by atoms with E-state index in [4.69, 9.17) is 4.74 Å². The first-order valence-electron chi connectivity index (χ1n) is 11.4. The second-order valence-corrected chi connectivity index (χ2v) is 10.5. The van der Waals surface area contributed by atoms with Crippen molar-refractivity contribution in [3.8, 4) is 0 Å². The summed E-state index contributed by atoms with van der Waals surface area (Å²) in [5.41, 5.74) is 2.05. The van der Waals surface area contributed by atoms with Crippen LogP contribution in [0.4, 0.5) is 5.69 Å². The molecule has 0 spiro atoms. The van der Waals surface area contributed by atoms with Crippen LogP contribution in [0, 0.1) is 6.92 Å². The van der Waals surface area contributed by atoms with E-state index in [-0.39, 0.29) is 23.8 Å². The Morgan fingerprint density at radius 2 is 1.59 bits per heavy atom. The van der Waals surface area contributed by atoms with Crippen LogP contribution in [0.2, 0.25) is 0 Å². The lowest BCUT2D eigenvalue weighted by atomic mass is 10.0. The number of piperazine rings is 1. The van der Waals surface area contributed by atoms with E-state index in [2.05, 4.69) is 9.62 Å². The van der Waals surface area contributed by atoms with Crippen molar-refractivity contribution in [1.29, 1.82) is 0 Å². The molecule has 2 aromatic carbocycles. The van der Waals surface area contributed by atoms with E-state index in [1.165, 1.54) is 12.1 Å². The minimum Gasteiger partial charge on any atom is -0.388 e. The Morgan fingerprint density at radius 1 is 0.971 bits per heavy atom. The number of amides is 1. The van der Waals surface area contributed by atoms with Gasteiger partial charge in [0.1, 0.15) is 18.3 Å². The quantitative estimate of drug-likeness (QED) is 0.518. The number of aliphatic hydroxyl groups is 2. The highest BCUT2D eigenvalue weighted by atomic mass is 32.2. The van der Waals surface area contributed by atoms with Gasteiger partial charge >= 0.3 is 0 Å². The maximum absolute atomic E-state index is 12.8. The number of carbonyl (C=O) groups is 1. The third-order valence-electron chi connectivity index (χ3n) is 6.40. The summed E-state index contributed by atoms with van der Waals surface area (Å²) in [5.74, 6) is -0.162. The summed E-state index contributed by atoms with van der Waals surface area (Å²) in [6, 6.07) is 16.4. The lowest BCUT2D eigenvalue weighted by molar-refractivity contribution is -0.135. The first kappa shape index (κ1) is 24.6. The normalized spacial score (nSPS) is 25.5. The number of ether oxygens (including phenoxy) is 1. The Hall–Kier alpha value is -2.50. The first-order valence-corrected chi connectivity index (χ1v) is 12.9. The highest BCUT2D eigenvalue weighted by Gasteiger charge is 2.44. The number of carbonyl (C=O) groups excluding carboxylic acids is 1. The Morgan fingerprint density at radius 3 is 2.24 bits per heavy atom. The van der Waals surface area contributed by atoms with Crippen LogP contribution in [0.1, 0.15) is 12.0 Å². The van der Waals surface area contributed by atoms with Gasteiger partial charge in [0.25, 0.3) is 0 Å². The van der Waals surface area contributed by atoms with Crippen LogP contribution in [0.25, 0.3) is 0 Å². The molecule has 2 aromatic rings. The third-order valence-corrected chi connectivity index (χ3v) is 7.84. The van der Waals surface area contributed by atoms with E-state index < -0.39 is 34.4 Å². The van der Waals surface area contributed by atoms with Gasteiger partial charge in [-0.2, -0.15) is 0 Å². The van der Waals surface area contributed by atoms with Crippen molar-refractivity contribution >= 4 is 21.6 Å². The van der Waals surface area contributed by atoms with Gasteiger partial charge in [0, 0.05) is 38.4 Å². The molecule has 1 amide bonds. The van der Waals surface area contributed by atoms with E-state index in [9.17, 15) is 23.4 Å². The molecule has 2 aliphatic rings. The van der Waals surface area contributed by atoms with Crippen LogP contribution in [-0.4, -0.2) is 86.6 Å². The average Bonchev–Trinajstić information content (AvgIpc) is 3.11. The maximum Gasteiger partial charge on any atom is 0.240 e. The summed E-state index contributed by atoms with van der Waals surface area (Å²) >= 11 is 0. The summed E-state index contributed by atoms with van der Waals surface area (Å²) in [6.07, 6.45) is -4.51. The van der Waals surface area contributed by atoms with Crippen molar-refractivity contribution in [3.63, 3.8) is 0 Å². The Balaban J connectivity index is 1.28. The molecule has 2 fully saturated rings. The smallest absolute Gasteiger partial charge is 0.240 e. The highest BCUT2D eigenvalue weighted by molar-refractivity contribution is 7.89. The van der Waals surface area contributed by atoms with Crippen LogP contribution in [0.3, 0.4) is 0 Å². The Kier molecular flexibility index (Phi) is 7.54. The van der Waals surface area contributed by atoms with Crippen molar-refractivity contribution in [1.82, 2.24) is 9.62 Å². The Bertz CT molecular complexity index is 1070. The maximum atomic E-state index is 12.8. The molecule has 4 atom stereocenters. The number of nitrogens with one attached hydrogen (secondary N) is 1. The molecular formula is C24H31N3O6S. The minimum absolute atomic E-state index is 0.0786. The van der Waals surface area contributed by atoms with Crippen molar-refractivity contribution in [2.45, 2.75) is 42.7 Å². The number of benzene rings is 2. The number of anilines is 1.